The Morgan fingerprint density at radius 3 is 2.30 bits per heavy atom. The Labute approximate surface area is 119 Å². The minimum Gasteiger partial charge on any atom is -0.507 e. The van der Waals surface area contributed by atoms with Crippen molar-refractivity contribution in [1.29, 1.82) is 0 Å². The van der Waals surface area contributed by atoms with E-state index in [-0.39, 0.29) is 39.6 Å². The molecule has 0 saturated heterocycles. The van der Waals surface area contributed by atoms with Crippen molar-refractivity contribution in [3.05, 3.63) is 58.1 Å². The normalized spacial score (nSPS) is 13.1. The molecule has 0 aromatic heterocycles. The third-order valence-electron chi connectivity index (χ3n) is 3.39. The summed E-state index contributed by atoms with van der Waals surface area (Å²) in [5, 5.41) is 19.9. The molecule has 0 bridgehead atoms. The van der Waals surface area contributed by atoms with Crippen molar-refractivity contribution in [2.45, 2.75) is 5.88 Å². The molecule has 2 aromatic carbocycles. The Kier molecular flexibility index (Phi) is 2.76. The lowest BCUT2D eigenvalue weighted by Crippen LogP contribution is -2.21. The summed E-state index contributed by atoms with van der Waals surface area (Å²) < 4.78 is 0. The number of fused-ring (bicyclic) bond motifs is 2. The van der Waals surface area contributed by atoms with Crippen LogP contribution in [-0.4, -0.2) is 21.8 Å². The van der Waals surface area contributed by atoms with Crippen molar-refractivity contribution in [1.82, 2.24) is 0 Å². The first-order valence-corrected chi connectivity index (χ1v) is 6.42. The van der Waals surface area contributed by atoms with Crippen LogP contribution in [0.15, 0.2) is 30.3 Å². The smallest absolute Gasteiger partial charge is 0.201 e. The number of benzene rings is 2. The maximum Gasteiger partial charge on any atom is 0.201 e. The van der Waals surface area contributed by atoms with Gasteiger partial charge in [0, 0.05) is 16.7 Å². The summed E-state index contributed by atoms with van der Waals surface area (Å²) in [6.07, 6.45) is 0. The summed E-state index contributed by atoms with van der Waals surface area (Å²) in [5.41, 5.74) is 0.458. The van der Waals surface area contributed by atoms with Gasteiger partial charge in [-0.3, -0.25) is 9.59 Å². The summed E-state index contributed by atoms with van der Waals surface area (Å²) >= 11 is 5.68. The summed E-state index contributed by atoms with van der Waals surface area (Å²) in [7, 11) is 0. The van der Waals surface area contributed by atoms with E-state index < -0.39 is 11.6 Å². The standard InChI is InChI=1S/C15H9ClO4/c16-6-7-4-5-9-12(13(7)18)15(20)11-8(14(9)19)2-1-3-10(11)17/h1-5,17-18H,6H2. The lowest BCUT2D eigenvalue weighted by molar-refractivity contribution is 0.0974. The number of ketones is 2. The summed E-state index contributed by atoms with van der Waals surface area (Å²) in [6, 6.07) is 7.29. The number of rotatable bonds is 1. The third kappa shape index (κ3) is 1.55. The van der Waals surface area contributed by atoms with Crippen LogP contribution in [0.25, 0.3) is 0 Å². The Morgan fingerprint density at radius 2 is 1.60 bits per heavy atom. The van der Waals surface area contributed by atoms with Crippen LogP contribution < -0.4 is 0 Å². The molecule has 4 nitrogen and oxygen atoms in total. The maximum absolute atomic E-state index is 12.4. The molecule has 0 radical (unpaired) electrons. The summed E-state index contributed by atoms with van der Waals surface area (Å²) in [4.78, 5) is 24.8. The second-order valence-corrected chi connectivity index (χ2v) is 4.75. The minimum absolute atomic E-state index is 0.0220. The molecule has 100 valence electrons. The van der Waals surface area contributed by atoms with Crippen LogP contribution >= 0.6 is 11.6 Å². The van der Waals surface area contributed by atoms with E-state index in [2.05, 4.69) is 0 Å². The van der Waals surface area contributed by atoms with E-state index in [0.29, 0.717) is 5.56 Å². The van der Waals surface area contributed by atoms with E-state index in [1.54, 1.807) is 0 Å². The molecule has 0 amide bonds. The van der Waals surface area contributed by atoms with Gasteiger partial charge in [0.2, 0.25) is 5.78 Å². The monoisotopic (exact) mass is 288 g/mol. The van der Waals surface area contributed by atoms with Crippen molar-refractivity contribution < 1.29 is 19.8 Å². The molecule has 20 heavy (non-hydrogen) atoms. The molecule has 0 heterocycles. The maximum atomic E-state index is 12.4. The van der Waals surface area contributed by atoms with Gasteiger partial charge in [-0.25, -0.2) is 0 Å². The molecular weight excluding hydrogens is 280 g/mol. The van der Waals surface area contributed by atoms with E-state index in [1.165, 1.54) is 30.3 Å². The van der Waals surface area contributed by atoms with Gasteiger partial charge in [0.15, 0.2) is 5.78 Å². The SMILES string of the molecule is O=C1c2cccc(O)c2C(=O)c2c1ccc(CCl)c2O. The molecule has 1 aliphatic carbocycles. The number of hydrogen-bond donors (Lipinski definition) is 2. The molecule has 0 saturated carbocycles. The van der Waals surface area contributed by atoms with Gasteiger partial charge in [-0.05, 0) is 12.1 Å². The van der Waals surface area contributed by atoms with Crippen LogP contribution in [0.5, 0.6) is 11.5 Å². The number of alkyl halides is 1. The van der Waals surface area contributed by atoms with Crippen molar-refractivity contribution >= 4 is 23.2 Å². The Bertz CT molecular complexity index is 765. The second kappa shape index (κ2) is 4.35. The van der Waals surface area contributed by atoms with Crippen LogP contribution in [0, 0.1) is 0 Å². The Hall–Kier alpha value is -2.33. The molecule has 0 unspecified atom stereocenters. The van der Waals surface area contributed by atoms with Gasteiger partial charge >= 0.3 is 0 Å². The van der Waals surface area contributed by atoms with Crippen molar-refractivity contribution in [3.63, 3.8) is 0 Å². The number of phenolic OH excluding ortho intramolecular Hbond substituents is 2. The predicted molar refractivity (Wildman–Crippen MR) is 72.6 cm³/mol. The fourth-order valence-electron chi connectivity index (χ4n) is 2.40. The minimum atomic E-state index is -0.572. The number of carbonyl (C=O) groups excluding carboxylic acids is 2. The third-order valence-corrected chi connectivity index (χ3v) is 3.68. The molecule has 2 aromatic rings. The zero-order valence-corrected chi connectivity index (χ0v) is 10.9. The fourth-order valence-corrected chi connectivity index (χ4v) is 2.61. The summed E-state index contributed by atoms with van der Waals surface area (Å²) in [6.45, 7) is 0. The molecule has 0 spiro atoms. The molecule has 1 aliphatic rings. The van der Waals surface area contributed by atoms with E-state index in [9.17, 15) is 19.8 Å². The highest BCUT2D eigenvalue weighted by Gasteiger charge is 2.34. The lowest BCUT2D eigenvalue weighted by atomic mass is 9.82. The predicted octanol–water partition coefficient (Wildman–Crippen LogP) is 2.61. The highest BCUT2D eigenvalue weighted by atomic mass is 35.5. The molecule has 5 heteroatoms. The van der Waals surface area contributed by atoms with Crippen LogP contribution in [0.2, 0.25) is 0 Å². The van der Waals surface area contributed by atoms with E-state index >= 15 is 0 Å². The van der Waals surface area contributed by atoms with Crippen molar-refractivity contribution in [2.75, 3.05) is 0 Å². The first-order valence-electron chi connectivity index (χ1n) is 5.88. The molecule has 0 atom stereocenters. The van der Waals surface area contributed by atoms with Gasteiger partial charge in [-0.15, -0.1) is 11.6 Å². The zero-order chi connectivity index (χ0) is 14.4. The van der Waals surface area contributed by atoms with E-state index in [4.69, 9.17) is 11.6 Å². The average Bonchev–Trinajstić information content (AvgIpc) is 2.44. The Balaban J connectivity index is 2.36. The average molecular weight is 289 g/mol. The van der Waals surface area contributed by atoms with E-state index in [1.807, 2.05) is 0 Å². The Morgan fingerprint density at radius 1 is 0.900 bits per heavy atom. The molecule has 3 rings (SSSR count). The summed E-state index contributed by atoms with van der Waals surface area (Å²) in [5.74, 6) is -1.53. The topological polar surface area (TPSA) is 74.6 Å². The van der Waals surface area contributed by atoms with Crippen LogP contribution in [0.1, 0.15) is 37.4 Å². The van der Waals surface area contributed by atoms with Crippen LogP contribution in [0.4, 0.5) is 0 Å². The van der Waals surface area contributed by atoms with Gasteiger partial charge in [0.25, 0.3) is 0 Å². The van der Waals surface area contributed by atoms with Gasteiger partial charge in [-0.2, -0.15) is 0 Å². The number of phenols is 2. The van der Waals surface area contributed by atoms with E-state index in [0.717, 1.165) is 0 Å². The second-order valence-electron chi connectivity index (χ2n) is 4.49. The van der Waals surface area contributed by atoms with Crippen molar-refractivity contribution in [2.24, 2.45) is 0 Å². The first kappa shape index (κ1) is 12.7. The fraction of sp³-hybridized carbons (Fsp3) is 0.0667. The quantitative estimate of drug-likeness (QED) is 0.675. The molecular formula is C15H9ClO4. The van der Waals surface area contributed by atoms with Crippen LogP contribution in [0.3, 0.4) is 0 Å². The van der Waals surface area contributed by atoms with Gasteiger partial charge < -0.3 is 10.2 Å². The first-order chi connectivity index (χ1) is 9.56. The number of carbonyl (C=O) groups is 2. The zero-order valence-electron chi connectivity index (χ0n) is 10.2. The number of halogens is 1. The van der Waals surface area contributed by atoms with Gasteiger partial charge in [-0.1, -0.05) is 18.2 Å². The van der Waals surface area contributed by atoms with Gasteiger partial charge in [0.1, 0.15) is 11.5 Å². The molecule has 2 N–H and O–H groups in total. The van der Waals surface area contributed by atoms with Crippen LogP contribution in [-0.2, 0) is 5.88 Å². The molecule has 0 aliphatic heterocycles. The molecule has 0 fully saturated rings. The lowest BCUT2D eigenvalue weighted by Gasteiger charge is -2.20. The largest absolute Gasteiger partial charge is 0.507 e. The highest BCUT2D eigenvalue weighted by Crippen LogP contribution is 2.38. The highest BCUT2D eigenvalue weighted by molar-refractivity contribution is 6.30. The number of aromatic hydroxyl groups is 2. The van der Waals surface area contributed by atoms with Gasteiger partial charge in [0.05, 0.1) is 17.0 Å². The van der Waals surface area contributed by atoms with Crippen molar-refractivity contribution in [3.8, 4) is 11.5 Å². The number of hydrogen-bond acceptors (Lipinski definition) is 4.